The van der Waals surface area contributed by atoms with Gasteiger partial charge in [0, 0.05) is 23.7 Å². The van der Waals surface area contributed by atoms with Crippen LogP contribution in [-0.4, -0.2) is 35.6 Å². The summed E-state index contributed by atoms with van der Waals surface area (Å²) >= 11 is 1.41. The number of benzene rings is 3. The summed E-state index contributed by atoms with van der Waals surface area (Å²) in [5, 5.41) is 2.94. The lowest BCUT2D eigenvalue weighted by Gasteiger charge is -2.15. The predicted molar refractivity (Wildman–Crippen MR) is 129 cm³/mol. The van der Waals surface area contributed by atoms with E-state index in [2.05, 4.69) is 5.32 Å². The number of nitrogens with one attached hydrogen (secondary N) is 1. The molecule has 1 saturated heterocycles. The number of rotatable bonds is 7. The van der Waals surface area contributed by atoms with Gasteiger partial charge in [0.25, 0.3) is 5.91 Å². The fourth-order valence-electron chi connectivity index (χ4n) is 3.52. The predicted octanol–water partition coefficient (Wildman–Crippen LogP) is 5.75. The first-order chi connectivity index (χ1) is 15.6. The summed E-state index contributed by atoms with van der Waals surface area (Å²) in [5.41, 5.74) is 2.42. The van der Waals surface area contributed by atoms with Gasteiger partial charge >= 0.3 is 0 Å². The van der Waals surface area contributed by atoms with E-state index in [4.69, 9.17) is 4.74 Å². The Kier molecular flexibility index (Phi) is 7.12. The number of amides is 2. The molecular formula is C26H26N2O3S. The van der Waals surface area contributed by atoms with Crippen molar-refractivity contribution in [3.05, 3.63) is 83.9 Å². The molecule has 4 rings (SSSR count). The number of carbonyl (C=O) groups is 2. The van der Waals surface area contributed by atoms with Crippen LogP contribution in [0.3, 0.4) is 0 Å². The van der Waals surface area contributed by atoms with E-state index in [1.54, 1.807) is 6.07 Å². The second-order valence-corrected chi connectivity index (χ2v) is 8.78. The third kappa shape index (κ3) is 5.71. The lowest BCUT2D eigenvalue weighted by atomic mass is 10.2. The number of hydrogen-bond acceptors (Lipinski definition) is 4. The Morgan fingerprint density at radius 1 is 0.906 bits per heavy atom. The van der Waals surface area contributed by atoms with Crippen molar-refractivity contribution in [2.75, 3.05) is 24.2 Å². The van der Waals surface area contributed by atoms with Gasteiger partial charge in [0.15, 0.2) is 0 Å². The zero-order valence-corrected chi connectivity index (χ0v) is 18.9. The minimum atomic E-state index is -0.200. The number of likely N-dealkylation sites (tertiary alicyclic amines) is 1. The van der Waals surface area contributed by atoms with Crippen LogP contribution in [0.15, 0.2) is 77.7 Å². The van der Waals surface area contributed by atoms with Crippen molar-refractivity contribution in [2.45, 2.75) is 24.7 Å². The first kappa shape index (κ1) is 22.0. The fraction of sp³-hybridized carbons (Fsp3) is 0.231. The Morgan fingerprint density at radius 2 is 1.53 bits per heavy atom. The highest BCUT2D eigenvalue weighted by Gasteiger charge is 2.19. The zero-order chi connectivity index (χ0) is 22.3. The van der Waals surface area contributed by atoms with Crippen molar-refractivity contribution in [1.82, 2.24) is 4.90 Å². The average molecular weight is 447 g/mol. The Bertz CT molecular complexity index is 1070. The molecule has 5 nitrogen and oxygen atoms in total. The van der Waals surface area contributed by atoms with E-state index in [-0.39, 0.29) is 11.8 Å². The Labute approximate surface area is 192 Å². The van der Waals surface area contributed by atoms with Crippen molar-refractivity contribution >= 4 is 29.3 Å². The van der Waals surface area contributed by atoms with Gasteiger partial charge in [-0.25, -0.2) is 0 Å². The molecule has 3 aromatic carbocycles. The van der Waals surface area contributed by atoms with E-state index in [1.807, 2.05) is 78.6 Å². The van der Waals surface area contributed by atoms with Crippen LogP contribution in [0.2, 0.25) is 0 Å². The molecule has 32 heavy (non-hydrogen) atoms. The highest BCUT2D eigenvalue weighted by atomic mass is 32.2. The maximum absolute atomic E-state index is 12.9. The summed E-state index contributed by atoms with van der Waals surface area (Å²) in [4.78, 5) is 28.0. The molecule has 6 heteroatoms. The molecule has 2 amide bonds. The molecule has 1 aliphatic rings. The van der Waals surface area contributed by atoms with E-state index in [0.717, 1.165) is 36.6 Å². The second kappa shape index (κ2) is 10.4. The summed E-state index contributed by atoms with van der Waals surface area (Å²) in [7, 11) is 0. The summed E-state index contributed by atoms with van der Waals surface area (Å²) in [6.07, 6.45) is 2.15. The topological polar surface area (TPSA) is 58.6 Å². The molecule has 0 unspecified atom stereocenters. The molecule has 0 radical (unpaired) electrons. The highest BCUT2D eigenvalue weighted by Crippen LogP contribution is 2.26. The SMILES string of the molecule is Cc1ccc(Oc2ccc(NC(=O)c3ccccc3SCC(=O)N3CCCC3)cc2)cc1. The van der Waals surface area contributed by atoms with Gasteiger partial charge in [-0.05, 0) is 68.3 Å². The molecule has 1 heterocycles. The third-order valence-electron chi connectivity index (χ3n) is 5.31. The Morgan fingerprint density at radius 3 is 2.22 bits per heavy atom. The molecule has 0 saturated carbocycles. The number of ether oxygens (including phenoxy) is 1. The lowest BCUT2D eigenvalue weighted by Crippen LogP contribution is -2.29. The number of anilines is 1. The molecule has 0 aromatic heterocycles. The number of hydrogen-bond donors (Lipinski definition) is 1. The monoisotopic (exact) mass is 446 g/mol. The molecule has 164 valence electrons. The van der Waals surface area contributed by atoms with Crippen molar-refractivity contribution < 1.29 is 14.3 Å². The van der Waals surface area contributed by atoms with E-state index in [1.165, 1.54) is 17.3 Å². The van der Waals surface area contributed by atoms with Crippen LogP contribution in [0.4, 0.5) is 5.69 Å². The Hall–Kier alpha value is -3.25. The van der Waals surface area contributed by atoms with E-state index >= 15 is 0 Å². The quantitative estimate of drug-likeness (QED) is 0.469. The van der Waals surface area contributed by atoms with Gasteiger partial charge in [0.1, 0.15) is 11.5 Å². The number of thioether (sulfide) groups is 1. The summed E-state index contributed by atoms with van der Waals surface area (Å²) in [6.45, 7) is 3.71. The minimum absolute atomic E-state index is 0.131. The molecule has 1 N–H and O–H groups in total. The number of nitrogens with zero attached hydrogens (tertiary/aromatic N) is 1. The van der Waals surface area contributed by atoms with E-state index in [9.17, 15) is 9.59 Å². The standard InChI is InChI=1S/C26H26N2O3S/c1-19-8-12-21(13-9-19)31-22-14-10-20(11-15-22)27-26(30)23-6-2-3-7-24(23)32-18-25(29)28-16-4-5-17-28/h2-3,6-15H,4-5,16-18H2,1H3,(H,27,30). The average Bonchev–Trinajstić information content (AvgIpc) is 3.36. The van der Waals surface area contributed by atoms with Gasteiger partial charge in [0.05, 0.1) is 11.3 Å². The summed E-state index contributed by atoms with van der Waals surface area (Å²) in [6, 6.07) is 22.5. The minimum Gasteiger partial charge on any atom is -0.457 e. The highest BCUT2D eigenvalue weighted by molar-refractivity contribution is 8.00. The molecule has 3 aromatic rings. The van der Waals surface area contributed by atoms with Crippen LogP contribution in [0.1, 0.15) is 28.8 Å². The molecule has 1 aliphatic heterocycles. The molecule has 0 bridgehead atoms. The van der Waals surface area contributed by atoms with Crippen LogP contribution in [0, 0.1) is 6.92 Å². The molecule has 0 atom stereocenters. The second-order valence-electron chi connectivity index (χ2n) is 7.77. The summed E-state index contributed by atoms with van der Waals surface area (Å²) in [5.74, 6) is 1.74. The molecule has 0 aliphatic carbocycles. The zero-order valence-electron chi connectivity index (χ0n) is 18.0. The lowest BCUT2D eigenvalue weighted by molar-refractivity contribution is -0.127. The van der Waals surface area contributed by atoms with E-state index < -0.39 is 0 Å². The van der Waals surface area contributed by atoms with Gasteiger partial charge in [-0.3, -0.25) is 9.59 Å². The van der Waals surface area contributed by atoms with Crippen LogP contribution >= 0.6 is 11.8 Å². The number of aryl methyl sites for hydroxylation is 1. The van der Waals surface area contributed by atoms with Crippen LogP contribution in [0.25, 0.3) is 0 Å². The first-order valence-electron chi connectivity index (χ1n) is 10.7. The van der Waals surface area contributed by atoms with Crippen molar-refractivity contribution in [3.8, 4) is 11.5 Å². The summed E-state index contributed by atoms with van der Waals surface area (Å²) < 4.78 is 5.84. The largest absolute Gasteiger partial charge is 0.457 e. The number of carbonyl (C=O) groups excluding carboxylic acids is 2. The Balaban J connectivity index is 1.37. The molecule has 1 fully saturated rings. The van der Waals surface area contributed by atoms with Gasteiger partial charge in [-0.1, -0.05) is 29.8 Å². The van der Waals surface area contributed by atoms with Crippen LogP contribution in [-0.2, 0) is 4.79 Å². The third-order valence-corrected chi connectivity index (χ3v) is 6.37. The van der Waals surface area contributed by atoms with Crippen molar-refractivity contribution in [3.63, 3.8) is 0 Å². The van der Waals surface area contributed by atoms with Gasteiger partial charge < -0.3 is 15.0 Å². The first-order valence-corrected chi connectivity index (χ1v) is 11.7. The van der Waals surface area contributed by atoms with Crippen LogP contribution in [0.5, 0.6) is 11.5 Å². The normalized spacial score (nSPS) is 13.1. The maximum Gasteiger partial charge on any atom is 0.256 e. The van der Waals surface area contributed by atoms with Gasteiger partial charge in [0.2, 0.25) is 5.91 Å². The van der Waals surface area contributed by atoms with Crippen molar-refractivity contribution in [2.24, 2.45) is 0 Å². The van der Waals surface area contributed by atoms with Gasteiger partial charge in [-0.15, -0.1) is 11.8 Å². The van der Waals surface area contributed by atoms with E-state index in [0.29, 0.717) is 22.8 Å². The molecular weight excluding hydrogens is 420 g/mol. The van der Waals surface area contributed by atoms with Crippen LogP contribution < -0.4 is 10.1 Å². The molecule has 0 spiro atoms. The smallest absolute Gasteiger partial charge is 0.256 e. The van der Waals surface area contributed by atoms with Gasteiger partial charge in [-0.2, -0.15) is 0 Å². The maximum atomic E-state index is 12.9. The fourth-order valence-corrected chi connectivity index (χ4v) is 4.48. The van der Waals surface area contributed by atoms with Crippen molar-refractivity contribution in [1.29, 1.82) is 0 Å².